The summed E-state index contributed by atoms with van der Waals surface area (Å²) in [5.41, 5.74) is 9.50. The standard InChI is InChI=1S/C16H22.C10H12N2/c1-3-14-10-9-13(2)16(11-14)12-15-7-5-4-6-8-15;11-6-5-8-7-12-10-4-2-1-3-9(8)10/h3-8,13-14,16H,1,9-12H2,2H3;1-4,7,12H,5-6,11H2. The lowest BCUT2D eigenvalue weighted by atomic mass is 9.72. The highest BCUT2D eigenvalue weighted by atomic mass is 14.7. The minimum atomic E-state index is 0.710. The summed E-state index contributed by atoms with van der Waals surface area (Å²) in [6, 6.07) is 19.2. The largest absolute Gasteiger partial charge is 0.361 e. The van der Waals surface area contributed by atoms with Crippen molar-refractivity contribution in [3.63, 3.8) is 0 Å². The Morgan fingerprint density at radius 2 is 1.82 bits per heavy atom. The number of hydrogen-bond donors (Lipinski definition) is 2. The van der Waals surface area contributed by atoms with Gasteiger partial charge in [-0.3, -0.25) is 0 Å². The first-order valence-corrected chi connectivity index (χ1v) is 10.6. The molecule has 1 saturated carbocycles. The van der Waals surface area contributed by atoms with Gasteiger partial charge >= 0.3 is 0 Å². The molecule has 3 aromatic rings. The third-order valence-corrected chi connectivity index (χ3v) is 6.17. The van der Waals surface area contributed by atoms with Crippen LogP contribution in [0.3, 0.4) is 0 Å². The normalized spacial score (nSPS) is 21.7. The number of benzene rings is 2. The molecule has 0 saturated heterocycles. The van der Waals surface area contributed by atoms with Crippen molar-refractivity contribution in [1.29, 1.82) is 0 Å². The Morgan fingerprint density at radius 3 is 2.57 bits per heavy atom. The molecule has 2 nitrogen and oxygen atoms in total. The fourth-order valence-corrected chi connectivity index (χ4v) is 4.36. The molecule has 1 aliphatic carbocycles. The van der Waals surface area contributed by atoms with Crippen LogP contribution < -0.4 is 5.73 Å². The summed E-state index contributed by atoms with van der Waals surface area (Å²) in [7, 11) is 0. The van der Waals surface area contributed by atoms with Gasteiger partial charge in [0.15, 0.2) is 0 Å². The van der Waals surface area contributed by atoms with E-state index in [9.17, 15) is 0 Å². The number of H-pyrrole nitrogens is 1. The van der Waals surface area contributed by atoms with Gasteiger partial charge in [0.05, 0.1) is 0 Å². The zero-order valence-electron chi connectivity index (χ0n) is 17.1. The second kappa shape index (κ2) is 10.3. The van der Waals surface area contributed by atoms with Gasteiger partial charge < -0.3 is 10.7 Å². The van der Waals surface area contributed by atoms with Crippen LogP contribution in [0.4, 0.5) is 0 Å². The molecule has 0 amide bonds. The Bertz CT molecular complexity index is 849. The molecule has 0 aliphatic heterocycles. The second-order valence-corrected chi connectivity index (χ2v) is 8.13. The number of hydrogen-bond acceptors (Lipinski definition) is 1. The molecule has 3 N–H and O–H groups in total. The second-order valence-electron chi connectivity index (χ2n) is 8.13. The van der Waals surface area contributed by atoms with E-state index in [0.29, 0.717) is 6.54 Å². The van der Waals surface area contributed by atoms with Gasteiger partial charge in [-0.05, 0) is 73.6 Å². The van der Waals surface area contributed by atoms with E-state index in [1.807, 2.05) is 12.3 Å². The van der Waals surface area contributed by atoms with Gasteiger partial charge in [-0.2, -0.15) is 0 Å². The van der Waals surface area contributed by atoms with E-state index >= 15 is 0 Å². The first-order chi connectivity index (χ1) is 13.7. The highest BCUT2D eigenvalue weighted by Gasteiger charge is 2.26. The molecule has 3 atom stereocenters. The van der Waals surface area contributed by atoms with E-state index in [1.54, 1.807) is 0 Å². The average Bonchev–Trinajstić information content (AvgIpc) is 3.14. The topological polar surface area (TPSA) is 41.8 Å². The minimum Gasteiger partial charge on any atom is -0.361 e. The van der Waals surface area contributed by atoms with Crippen molar-refractivity contribution < 1.29 is 0 Å². The fraction of sp³-hybridized carbons (Fsp3) is 0.385. The smallest absolute Gasteiger partial charge is 0.0456 e. The first kappa shape index (κ1) is 20.4. The monoisotopic (exact) mass is 374 g/mol. The van der Waals surface area contributed by atoms with E-state index in [-0.39, 0.29) is 0 Å². The van der Waals surface area contributed by atoms with Crippen LogP contribution in [0.1, 0.15) is 37.3 Å². The Kier molecular flexibility index (Phi) is 7.50. The Morgan fingerprint density at radius 1 is 1.07 bits per heavy atom. The molecule has 3 unspecified atom stereocenters. The molecule has 2 heteroatoms. The van der Waals surface area contributed by atoms with Crippen LogP contribution in [-0.4, -0.2) is 11.5 Å². The van der Waals surface area contributed by atoms with Crippen LogP contribution in [0.15, 0.2) is 73.4 Å². The molecular formula is C26H34N2. The number of rotatable bonds is 5. The molecule has 2 aromatic carbocycles. The predicted octanol–water partition coefficient (Wildman–Crippen LogP) is 6.14. The van der Waals surface area contributed by atoms with Gasteiger partial charge in [-0.1, -0.05) is 61.5 Å². The number of aromatic amines is 1. The summed E-state index contributed by atoms with van der Waals surface area (Å²) in [5, 5.41) is 1.29. The summed E-state index contributed by atoms with van der Waals surface area (Å²) in [4.78, 5) is 3.22. The van der Waals surface area contributed by atoms with Crippen molar-refractivity contribution in [3.05, 3.63) is 84.6 Å². The van der Waals surface area contributed by atoms with Crippen molar-refractivity contribution in [2.75, 3.05) is 6.54 Å². The molecule has 28 heavy (non-hydrogen) atoms. The molecule has 0 bridgehead atoms. The van der Waals surface area contributed by atoms with Crippen molar-refractivity contribution in [2.24, 2.45) is 23.5 Å². The zero-order chi connectivity index (χ0) is 19.8. The molecule has 1 aromatic heterocycles. The maximum atomic E-state index is 5.50. The molecule has 4 rings (SSSR count). The van der Waals surface area contributed by atoms with Gasteiger partial charge in [0.25, 0.3) is 0 Å². The van der Waals surface area contributed by atoms with Crippen LogP contribution in [0.2, 0.25) is 0 Å². The molecule has 1 fully saturated rings. The molecule has 1 aliphatic rings. The van der Waals surface area contributed by atoms with Crippen molar-refractivity contribution in [3.8, 4) is 0 Å². The van der Waals surface area contributed by atoms with Crippen molar-refractivity contribution >= 4 is 10.9 Å². The van der Waals surface area contributed by atoms with E-state index in [2.05, 4.69) is 73.1 Å². The predicted molar refractivity (Wildman–Crippen MR) is 121 cm³/mol. The lowest BCUT2D eigenvalue weighted by Crippen LogP contribution is -2.23. The van der Waals surface area contributed by atoms with E-state index in [0.717, 1.165) is 24.2 Å². The SMILES string of the molecule is C=CC1CCC(C)C(Cc2ccccc2)C1.NCCc1c[nH]c2ccccc12. The Labute approximate surface area is 169 Å². The number of nitrogens with one attached hydrogen (secondary N) is 1. The maximum Gasteiger partial charge on any atom is 0.0456 e. The number of nitrogens with two attached hydrogens (primary N) is 1. The van der Waals surface area contributed by atoms with Crippen LogP contribution in [0, 0.1) is 17.8 Å². The maximum absolute atomic E-state index is 5.50. The van der Waals surface area contributed by atoms with Crippen LogP contribution >= 0.6 is 0 Å². The molecule has 148 valence electrons. The van der Waals surface area contributed by atoms with E-state index < -0.39 is 0 Å². The molecule has 0 spiro atoms. The highest BCUT2D eigenvalue weighted by Crippen LogP contribution is 2.36. The Hall–Kier alpha value is -2.32. The number of allylic oxidation sites excluding steroid dienone is 1. The van der Waals surface area contributed by atoms with Gasteiger partial charge in [0.1, 0.15) is 0 Å². The summed E-state index contributed by atoms with van der Waals surface area (Å²) >= 11 is 0. The lowest BCUT2D eigenvalue weighted by Gasteiger charge is -2.33. The summed E-state index contributed by atoms with van der Waals surface area (Å²) < 4.78 is 0. The first-order valence-electron chi connectivity index (χ1n) is 10.6. The fourth-order valence-electron chi connectivity index (χ4n) is 4.36. The molecule has 0 radical (unpaired) electrons. The van der Waals surface area contributed by atoms with E-state index in [1.165, 1.54) is 47.7 Å². The van der Waals surface area contributed by atoms with Gasteiger partial charge in [0, 0.05) is 17.1 Å². The van der Waals surface area contributed by atoms with Gasteiger partial charge in [-0.15, -0.1) is 6.58 Å². The lowest BCUT2D eigenvalue weighted by molar-refractivity contribution is 0.218. The average molecular weight is 375 g/mol. The molecular weight excluding hydrogens is 340 g/mol. The third-order valence-electron chi connectivity index (χ3n) is 6.17. The third kappa shape index (κ3) is 5.36. The quantitative estimate of drug-likeness (QED) is 0.518. The van der Waals surface area contributed by atoms with E-state index in [4.69, 9.17) is 5.73 Å². The van der Waals surface area contributed by atoms with Crippen LogP contribution in [0.25, 0.3) is 10.9 Å². The van der Waals surface area contributed by atoms with Gasteiger partial charge in [0.2, 0.25) is 0 Å². The zero-order valence-corrected chi connectivity index (χ0v) is 17.1. The highest BCUT2D eigenvalue weighted by molar-refractivity contribution is 5.83. The number of aromatic nitrogens is 1. The minimum absolute atomic E-state index is 0.710. The van der Waals surface area contributed by atoms with Crippen molar-refractivity contribution in [1.82, 2.24) is 4.98 Å². The van der Waals surface area contributed by atoms with Crippen LogP contribution in [0.5, 0.6) is 0 Å². The number of para-hydroxylation sites is 1. The number of fused-ring (bicyclic) bond motifs is 1. The van der Waals surface area contributed by atoms with Crippen molar-refractivity contribution in [2.45, 2.75) is 39.0 Å². The van der Waals surface area contributed by atoms with Crippen LogP contribution in [-0.2, 0) is 12.8 Å². The van der Waals surface area contributed by atoms with Gasteiger partial charge in [-0.25, -0.2) is 0 Å². The summed E-state index contributed by atoms with van der Waals surface area (Å²) in [6.45, 7) is 7.07. The Balaban J connectivity index is 0.000000167. The molecule has 1 heterocycles. The summed E-state index contributed by atoms with van der Waals surface area (Å²) in [6.07, 6.45) is 10.4. The summed E-state index contributed by atoms with van der Waals surface area (Å²) in [5.74, 6) is 2.47.